The molecule has 16 heteroatoms. The van der Waals surface area contributed by atoms with Crippen molar-refractivity contribution in [2.24, 2.45) is 0 Å². The van der Waals surface area contributed by atoms with Crippen molar-refractivity contribution in [1.82, 2.24) is 39.2 Å². The molecule has 8 aromatic heterocycles. The summed E-state index contributed by atoms with van der Waals surface area (Å²) in [5.74, 6) is 1.15. The Kier molecular flexibility index (Phi) is 10.9. The first-order valence-corrected chi connectivity index (χ1v) is 19.5. The lowest BCUT2D eigenvalue weighted by atomic mass is 9.80. The molecule has 1 aliphatic rings. The standard InChI is InChI=1S/C16H12N4OS.C12H18BNO3.C10H6BrN3S/c1-21-15-6-11(2-4-17-15)13-7-18-16-14(8-19-20(16)9-13)12-3-5-22-10-12;1-11(2)12(3,4)17-13(16-11)9-6-7-14-10(8-9)15-5;11-8-3-12-10-9(4-13-14(10)5-8)7-1-2-15-6-7/h2-10H,1H3;6-8H,1-5H3;1-6H. The van der Waals surface area contributed by atoms with Gasteiger partial charge in [-0.25, -0.2) is 29.0 Å². The normalized spacial score (nSPS) is 14.3. The minimum absolute atomic E-state index is 0.325. The fraction of sp³-hybridized carbons (Fsp3) is 0.211. The summed E-state index contributed by atoms with van der Waals surface area (Å²) in [7, 11) is 2.83. The molecule has 0 atom stereocenters. The SMILES string of the molecule is Brc1cnc2c(-c3ccsc3)cnn2c1.COc1cc(-c2cnc3c(-c4ccsc4)cnn3c2)ccn1.COc1cc(B2OC(C)(C)C(C)(C)O2)ccn1. The number of nitrogens with zero attached hydrogens (tertiary/aromatic N) is 8. The number of rotatable bonds is 6. The molecular weight excluding hydrogens is 787 g/mol. The quantitative estimate of drug-likeness (QED) is 0.152. The van der Waals surface area contributed by atoms with E-state index in [9.17, 15) is 0 Å². The fourth-order valence-corrected chi connectivity index (χ4v) is 7.09. The topological polar surface area (TPSA) is 123 Å². The molecular formula is C38H36BBrN8O4S2. The molecule has 12 nitrogen and oxygen atoms in total. The molecule has 0 amide bonds. The van der Waals surface area contributed by atoms with Crippen LogP contribution in [0.4, 0.5) is 0 Å². The first-order chi connectivity index (χ1) is 26.0. The molecule has 54 heavy (non-hydrogen) atoms. The number of aromatic nitrogens is 8. The highest BCUT2D eigenvalue weighted by atomic mass is 79.9. The Hall–Kier alpha value is -5.00. The van der Waals surface area contributed by atoms with Crippen LogP contribution in [0.25, 0.3) is 44.7 Å². The Bertz CT molecular complexity index is 2470. The van der Waals surface area contributed by atoms with E-state index in [1.54, 1.807) is 64.5 Å². The highest BCUT2D eigenvalue weighted by molar-refractivity contribution is 9.10. The number of ether oxygens (including phenoxy) is 2. The van der Waals surface area contributed by atoms with Crippen LogP contribution in [-0.4, -0.2) is 71.7 Å². The molecule has 0 spiro atoms. The molecule has 9 rings (SSSR count). The van der Waals surface area contributed by atoms with Crippen LogP contribution in [0.5, 0.6) is 11.8 Å². The van der Waals surface area contributed by atoms with Crippen molar-refractivity contribution in [2.45, 2.75) is 38.9 Å². The largest absolute Gasteiger partial charge is 0.495 e. The van der Waals surface area contributed by atoms with Gasteiger partial charge in [0.1, 0.15) is 0 Å². The van der Waals surface area contributed by atoms with Crippen molar-refractivity contribution in [2.75, 3.05) is 14.2 Å². The molecule has 0 bridgehead atoms. The highest BCUT2D eigenvalue weighted by Crippen LogP contribution is 2.36. The lowest BCUT2D eigenvalue weighted by Crippen LogP contribution is -2.41. The number of thiophene rings is 2. The van der Waals surface area contributed by atoms with E-state index in [0.29, 0.717) is 11.8 Å². The molecule has 1 saturated heterocycles. The molecule has 1 aliphatic heterocycles. The smallest absolute Gasteiger partial charge is 0.481 e. The number of fused-ring (bicyclic) bond motifs is 2. The summed E-state index contributed by atoms with van der Waals surface area (Å²) in [4.78, 5) is 17.1. The molecule has 274 valence electrons. The van der Waals surface area contributed by atoms with E-state index in [1.165, 1.54) is 5.56 Å². The number of methoxy groups -OCH3 is 2. The third-order valence-electron chi connectivity index (χ3n) is 9.12. The minimum Gasteiger partial charge on any atom is -0.481 e. The Labute approximate surface area is 329 Å². The lowest BCUT2D eigenvalue weighted by Gasteiger charge is -2.32. The van der Waals surface area contributed by atoms with Crippen LogP contribution in [0.3, 0.4) is 0 Å². The molecule has 0 unspecified atom stereocenters. The van der Waals surface area contributed by atoms with Crippen molar-refractivity contribution in [3.8, 4) is 45.1 Å². The summed E-state index contributed by atoms with van der Waals surface area (Å²) < 4.78 is 26.6. The van der Waals surface area contributed by atoms with Gasteiger partial charge in [0.2, 0.25) is 11.8 Å². The van der Waals surface area contributed by atoms with Crippen LogP contribution in [0, 0.1) is 0 Å². The predicted molar refractivity (Wildman–Crippen MR) is 217 cm³/mol. The summed E-state index contributed by atoms with van der Waals surface area (Å²) in [5, 5.41) is 17.0. The van der Waals surface area contributed by atoms with Crippen molar-refractivity contribution in [1.29, 1.82) is 0 Å². The summed E-state index contributed by atoms with van der Waals surface area (Å²) >= 11 is 6.71. The zero-order valence-corrected chi connectivity index (χ0v) is 33.6. The second-order valence-corrected chi connectivity index (χ2v) is 15.6. The van der Waals surface area contributed by atoms with Gasteiger partial charge in [-0.15, -0.1) is 0 Å². The van der Waals surface area contributed by atoms with E-state index in [-0.39, 0.29) is 18.3 Å². The second-order valence-electron chi connectivity index (χ2n) is 13.1. The van der Waals surface area contributed by atoms with Crippen LogP contribution in [-0.2, 0) is 9.31 Å². The highest BCUT2D eigenvalue weighted by Gasteiger charge is 2.51. The fourth-order valence-electron chi connectivity index (χ4n) is 5.48. The van der Waals surface area contributed by atoms with Gasteiger partial charge in [-0.2, -0.15) is 32.9 Å². The predicted octanol–water partition coefficient (Wildman–Crippen LogP) is 8.14. The van der Waals surface area contributed by atoms with Crippen LogP contribution in [0.2, 0.25) is 0 Å². The van der Waals surface area contributed by atoms with Gasteiger partial charge < -0.3 is 18.8 Å². The third-order valence-corrected chi connectivity index (χ3v) is 10.9. The molecule has 9 heterocycles. The third kappa shape index (κ3) is 7.93. The monoisotopic (exact) mass is 822 g/mol. The number of halogens is 1. The Morgan fingerprint density at radius 3 is 1.78 bits per heavy atom. The van der Waals surface area contributed by atoms with Crippen molar-refractivity contribution in [3.63, 3.8) is 0 Å². The zero-order chi connectivity index (χ0) is 37.9. The Morgan fingerprint density at radius 2 is 1.20 bits per heavy atom. The first-order valence-electron chi connectivity index (χ1n) is 16.8. The lowest BCUT2D eigenvalue weighted by molar-refractivity contribution is 0.00578. The van der Waals surface area contributed by atoms with Gasteiger partial charge in [-0.3, -0.25) is 0 Å². The first kappa shape index (κ1) is 37.3. The molecule has 8 aromatic rings. The maximum Gasteiger partial charge on any atom is 0.495 e. The van der Waals surface area contributed by atoms with Crippen molar-refractivity contribution < 1.29 is 18.8 Å². The van der Waals surface area contributed by atoms with Crippen LogP contribution in [0.1, 0.15) is 27.7 Å². The Morgan fingerprint density at radius 1 is 0.648 bits per heavy atom. The summed E-state index contributed by atoms with van der Waals surface area (Å²) in [6.45, 7) is 8.13. The number of hydrogen-bond donors (Lipinski definition) is 0. The van der Waals surface area contributed by atoms with Crippen LogP contribution < -0.4 is 14.9 Å². The maximum atomic E-state index is 5.94. The minimum atomic E-state index is -0.364. The van der Waals surface area contributed by atoms with E-state index in [2.05, 4.69) is 79.7 Å². The molecule has 0 radical (unpaired) electrons. The zero-order valence-electron chi connectivity index (χ0n) is 30.4. The van der Waals surface area contributed by atoms with Gasteiger partial charge in [0.25, 0.3) is 0 Å². The Balaban J connectivity index is 0.000000128. The van der Waals surface area contributed by atoms with Gasteiger partial charge in [0.15, 0.2) is 11.3 Å². The van der Waals surface area contributed by atoms with Crippen LogP contribution >= 0.6 is 38.6 Å². The van der Waals surface area contributed by atoms with E-state index < -0.39 is 0 Å². The van der Waals surface area contributed by atoms with Gasteiger partial charge in [0, 0.05) is 66.0 Å². The maximum absolute atomic E-state index is 5.94. The van der Waals surface area contributed by atoms with Crippen LogP contribution in [0.15, 0.2) is 112 Å². The van der Waals surface area contributed by atoms with Gasteiger partial charge >= 0.3 is 7.12 Å². The molecule has 0 saturated carbocycles. The van der Waals surface area contributed by atoms with Crippen molar-refractivity contribution in [3.05, 3.63) is 112 Å². The average molecular weight is 824 g/mol. The van der Waals surface area contributed by atoms with E-state index in [0.717, 1.165) is 49.0 Å². The second kappa shape index (κ2) is 15.8. The average Bonchev–Trinajstić information content (AvgIpc) is 4.03. The summed E-state index contributed by atoms with van der Waals surface area (Å²) in [5.41, 5.74) is 8.40. The number of hydrogen-bond acceptors (Lipinski definition) is 12. The van der Waals surface area contributed by atoms with Gasteiger partial charge in [-0.05, 0) is 112 Å². The molecule has 0 aromatic carbocycles. The van der Waals surface area contributed by atoms with Crippen molar-refractivity contribution >= 4 is 62.5 Å². The summed E-state index contributed by atoms with van der Waals surface area (Å²) in [6, 6.07) is 11.7. The van der Waals surface area contributed by atoms with E-state index in [1.807, 2.05) is 82.9 Å². The van der Waals surface area contributed by atoms with E-state index >= 15 is 0 Å². The van der Waals surface area contributed by atoms with Gasteiger partial charge in [0.05, 0.1) is 42.3 Å². The van der Waals surface area contributed by atoms with E-state index in [4.69, 9.17) is 18.8 Å². The van der Waals surface area contributed by atoms with Gasteiger partial charge in [-0.1, -0.05) is 0 Å². The molecule has 0 N–H and O–H groups in total. The molecule has 1 fully saturated rings. The summed E-state index contributed by atoms with van der Waals surface area (Å²) in [6.07, 6.45) is 14.6. The molecule has 0 aliphatic carbocycles. The number of pyridine rings is 2.